The summed E-state index contributed by atoms with van der Waals surface area (Å²) in [5.74, 6) is 1.64. The predicted octanol–water partition coefficient (Wildman–Crippen LogP) is 3.29. The van der Waals surface area contributed by atoms with Crippen LogP contribution in [0.4, 0.5) is 10.6 Å². The number of anilines is 1. The lowest BCUT2D eigenvalue weighted by atomic mass is 10.1. The van der Waals surface area contributed by atoms with E-state index in [0.717, 1.165) is 17.0 Å². The van der Waals surface area contributed by atoms with E-state index >= 15 is 0 Å². The molecule has 0 radical (unpaired) electrons. The molecule has 0 saturated carbocycles. The minimum atomic E-state index is -0.609. The summed E-state index contributed by atoms with van der Waals surface area (Å²) < 4.78 is 7.34. The number of rotatable bonds is 6. The number of hydrogen-bond acceptors (Lipinski definition) is 7. The van der Waals surface area contributed by atoms with Crippen LogP contribution < -0.4 is 16.1 Å². The van der Waals surface area contributed by atoms with Gasteiger partial charge in [0.1, 0.15) is 11.6 Å². The molecule has 0 atom stereocenters. The molecule has 4 rings (SSSR count). The summed E-state index contributed by atoms with van der Waals surface area (Å²) in [6, 6.07) is 13.1. The standard InChI is InChI=1S/C23H23N7O4/c1-13-10-14(2)30(28-13)20-11-19(25-21(27-20)18-9-4-15(3)34-18)26-23(32)24-12-16-5-7-17(8-6-16)22(31)29-33/h4-11,33H,12H2,1-3H3,(H,29,31)(H2,24,25,26,27,32). The van der Waals surface area contributed by atoms with Crippen molar-refractivity contribution in [1.82, 2.24) is 30.5 Å². The summed E-state index contributed by atoms with van der Waals surface area (Å²) >= 11 is 0. The summed E-state index contributed by atoms with van der Waals surface area (Å²) in [5.41, 5.74) is 4.36. The van der Waals surface area contributed by atoms with Gasteiger partial charge in [-0.25, -0.2) is 24.9 Å². The van der Waals surface area contributed by atoms with Gasteiger partial charge in [0.05, 0.1) is 5.69 Å². The van der Waals surface area contributed by atoms with Crippen molar-refractivity contribution in [1.29, 1.82) is 0 Å². The summed E-state index contributed by atoms with van der Waals surface area (Å²) in [7, 11) is 0. The van der Waals surface area contributed by atoms with Crippen LogP contribution in [-0.4, -0.2) is 36.9 Å². The molecule has 0 aliphatic heterocycles. The van der Waals surface area contributed by atoms with Crippen LogP contribution in [0.1, 0.15) is 33.1 Å². The van der Waals surface area contributed by atoms with E-state index < -0.39 is 11.9 Å². The highest BCUT2D eigenvalue weighted by Gasteiger charge is 2.15. The fourth-order valence-corrected chi connectivity index (χ4v) is 3.31. The van der Waals surface area contributed by atoms with Crippen molar-refractivity contribution < 1.29 is 19.2 Å². The SMILES string of the molecule is Cc1cc(C)n(-c2cc(NC(=O)NCc3ccc(C(=O)NO)cc3)nc(-c3ccc(C)o3)n2)n1. The highest BCUT2D eigenvalue weighted by molar-refractivity contribution is 5.93. The van der Waals surface area contributed by atoms with Gasteiger partial charge in [-0.15, -0.1) is 0 Å². The zero-order chi connectivity index (χ0) is 24.2. The first-order valence-corrected chi connectivity index (χ1v) is 10.4. The average molecular weight is 461 g/mol. The molecule has 0 saturated heterocycles. The molecule has 3 amide bonds. The lowest BCUT2D eigenvalue weighted by Gasteiger charge is -2.11. The number of hydroxylamine groups is 1. The van der Waals surface area contributed by atoms with Crippen LogP contribution in [0.3, 0.4) is 0 Å². The number of carbonyl (C=O) groups is 2. The number of urea groups is 1. The van der Waals surface area contributed by atoms with E-state index in [4.69, 9.17) is 9.62 Å². The number of nitrogens with one attached hydrogen (secondary N) is 3. The highest BCUT2D eigenvalue weighted by atomic mass is 16.5. The van der Waals surface area contributed by atoms with Gasteiger partial charge in [0.2, 0.25) is 0 Å². The monoisotopic (exact) mass is 461 g/mol. The molecule has 3 aromatic heterocycles. The van der Waals surface area contributed by atoms with E-state index in [0.29, 0.717) is 28.7 Å². The van der Waals surface area contributed by atoms with Gasteiger partial charge in [-0.05, 0) is 56.7 Å². The van der Waals surface area contributed by atoms with Crippen molar-refractivity contribution >= 4 is 17.8 Å². The van der Waals surface area contributed by atoms with Gasteiger partial charge >= 0.3 is 6.03 Å². The molecule has 0 fully saturated rings. The third kappa shape index (κ3) is 5.10. The molecule has 174 valence electrons. The van der Waals surface area contributed by atoms with Crippen LogP contribution in [0.2, 0.25) is 0 Å². The van der Waals surface area contributed by atoms with Crippen molar-refractivity contribution in [2.75, 3.05) is 5.32 Å². The Morgan fingerprint density at radius 1 is 1.03 bits per heavy atom. The summed E-state index contributed by atoms with van der Waals surface area (Å²) in [6.45, 7) is 5.83. The van der Waals surface area contributed by atoms with E-state index in [1.807, 2.05) is 32.9 Å². The lowest BCUT2D eigenvalue weighted by Crippen LogP contribution is -2.28. The smallest absolute Gasteiger partial charge is 0.320 e. The zero-order valence-electron chi connectivity index (χ0n) is 18.8. The predicted molar refractivity (Wildman–Crippen MR) is 123 cm³/mol. The molecule has 3 heterocycles. The van der Waals surface area contributed by atoms with Gasteiger partial charge in [-0.2, -0.15) is 5.10 Å². The van der Waals surface area contributed by atoms with Crippen molar-refractivity contribution in [2.24, 2.45) is 0 Å². The van der Waals surface area contributed by atoms with Crippen LogP contribution in [0.25, 0.3) is 17.4 Å². The molecule has 11 heteroatoms. The lowest BCUT2D eigenvalue weighted by molar-refractivity contribution is 0.0706. The third-order valence-corrected chi connectivity index (χ3v) is 4.91. The van der Waals surface area contributed by atoms with Gasteiger partial charge in [0, 0.05) is 23.9 Å². The van der Waals surface area contributed by atoms with Crippen molar-refractivity contribution in [3.8, 4) is 17.4 Å². The van der Waals surface area contributed by atoms with Crippen LogP contribution in [0, 0.1) is 20.8 Å². The van der Waals surface area contributed by atoms with E-state index in [-0.39, 0.29) is 12.4 Å². The molecule has 11 nitrogen and oxygen atoms in total. The molecule has 0 spiro atoms. The maximum absolute atomic E-state index is 12.6. The number of carbonyl (C=O) groups excluding carboxylic acids is 2. The summed E-state index contributed by atoms with van der Waals surface area (Å²) in [6.07, 6.45) is 0. The molecular weight excluding hydrogens is 438 g/mol. The van der Waals surface area contributed by atoms with Gasteiger partial charge in [-0.3, -0.25) is 15.3 Å². The highest BCUT2D eigenvalue weighted by Crippen LogP contribution is 2.22. The first-order chi connectivity index (χ1) is 16.3. The normalized spacial score (nSPS) is 10.7. The Balaban J connectivity index is 1.53. The molecule has 0 bridgehead atoms. The van der Waals surface area contributed by atoms with E-state index in [1.165, 1.54) is 0 Å². The fourth-order valence-electron chi connectivity index (χ4n) is 3.31. The second kappa shape index (κ2) is 9.55. The van der Waals surface area contributed by atoms with Crippen LogP contribution in [-0.2, 0) is 6.54 Å². The number of nitrogens with zero attached hydrogens (tertiary/aromatic N) is 4. The fraction of sp³-hybridized carbons (Fsp3) is 0.174. The molecule has 34 heavy (non-hydrogen) atoms. The first-order valence-electron chi connectivity index (χ1n) is 10.4. The molecule has 4 aromatic rings. The molecular formula is C23H23N7O4. The quantitative estimate of drug-likeness (QED) is 0.254. The first kappa shape index (κ1) is 22.7. The molecule has 1 aromatic carbocycles. The van der Waals surface area contributed by atoms with Gasteiger partial charge < -0.3 is 9.73 Å². The second-order valence-corrected chi connectivity index (χ2v) is 7.63. The van der Waals surface area contributed by atoms with Crippen LogP contribution >= 0.6 is 0 Å². The third-order valence-electron chi connectivity index (χ3n) is 4.91. The minimum Gasteiger partial charge on any atom is -0.458 e. The minimum absolute atomic E-state index is 0.215. The maximum atomic E-state index is 12.6. The summed E-state index contributed by atoms with van der Waals surface area (Å²) in [5, 5.41) is 18.6. The Morgan fingerprint density at radius 3 is 2.41 bits per heavy atom. The largest absolute Gasteiger partial charge is 0.458 e. The molecule has 4 N–H and O–H groups in total. The zero-order valence-corrected chi connectivity index (χ0v) is 18.8. The van der Waals surface area contributed by atoms with Crippen LogP contribution in [0.15, 0.2) is 52.9 Å². The number of aryl methyl sites for hydroxylation is 3. The van der Waals surface area contributed by atoms with Crippen molar-refractivity contribution in [3.05, 3.63) is 76.8 Å². The number of benzene rings is 1. The van der Waals surface area contributed by atoms with Crippen molar-refractivity contribution in [3.63, 3.8) is 0 Å². The number of aromatic nitrogens is 4. The summed E-state index contributed by atoms with van der Waals surface area (Å²) in [4.78, 5) is 33.0. The molecule has 0 aliphatic carbocycles. The number of furan rings is 1. The van der Waals surface area contributed by atoms with Crippen molar-refractivity contribution in [2.45, 2.75) is 27.3 Å². The second-order valence-electron chi connectivity index (χ2n) is 7.63. The van der Waals surface area contributed by atoms with Crippen LogP contribution in [0.5, 0.6) is 0 Å². The number of amides is 3. The molecule has 0 unspecified atom stereocenters. The van der Waals surface area contributed by atoms with E-state index in [1.54, 1.807) is 46.6 Å². The Labute approximate surface area is 194 Å². The van der Waals surface area contributed by atoms with Gasteiger partial charge in [0.25, 0.3) is 5.91 Å². The Hall–Kier alpha value is -4.51. The Kier molecular flexibility index (Phi) is 6.37. The Bertz CT molecular complexity index is 1340. The van der Waals surface area contributed by atoms with E-state index in [9.17, 15) is 9.59 Å². The maximum Gasteiger partial charge on any atom is 0.320 e. The van der Waals surface area contributed by atoms with E-state index in [2.05, 4.69) is 25.7 Å². The van der Waals surface area contributed by atoms with Gasteiger partial charge in [-0.1, -0.05) is 12.1 Å². The van der Waals surface area contributed by atoms with Gasteiger partial charge in [0.15, 0.2) is 17.4 Å². The average Bonchev–Trinajstić information content (AvgIpc) is 3.41. The number of hydrogen-bond donors (Lipinski definition) is 4. The Morgan fingerprint density at radius 2 is 1.79 bits per heavy atom. The molecule has 0 aliphatic rings. The topological polar surface area (TPSA) is 147 Å².